The molecule has 0 aliphatic carbocycles. The second kappa shape index (κ2) is 13.4. The summed E-state index contributed by atoms with van der Waals surface area (Å²) in [5.41, 5.74) is 3.30. The fraction of sp³-hybridized carbons (Fsp3) is 0.323. The molecule has 2 heterocycles. The number of hydrogen-bond acceptors (Lipinski definition) is 5. The number of anilines is 1. The van der Waals surface area contributed by atoms with Gasteiger partial charge in [0.2, 0.25) is 5.91 Å². The van der Waals surface area contributed by atoms with E-state index in [0.717, 1.165) is 36.0 Å². The van der Waals surface area contributed by atoms with E-state index in [-0.39, 0.29) is 23.8 Å². The third-order valence-electron chi connectivity index (χ3n) is 7.24. The molecule has 3 N–H and O–H groups in total. The first-order valence-corrected chi connectivity index (χ1v) is 14.5. The summed E-state index contributed by atoms with van der Waals surface area (Å²) >= 11 is 1.46. The number of amides is 3. The predicted molar refractivity (Wildman–Crippen MR) is 158 cm³/mol. The number of benzene rings is 3. The van der Waals surface area contributed by atoms with E-state index in [9.17, 15) is 9.59 Å². The molecule has 5 rings (SSSR count). The summed E-state index contributed by atoms with van der Waals surface area (Å²) in [5.74, 6) is 0.192. The largest absolute Gasteiger partial charge is 0.354 e. The van der Waals surface area contributed by atoms with E-state index < -0.39 is 0 Å². The number of para-hydroxylation sites is 1. The lowest BCUT2D eigenvalue weighted by molar-refractivity contribution is -0.125. The molecule has 202 valence electrons. The van der Waals surface area contributed by atoms with Crippen LogP contribution in [0.5, 0.6) is 0 Å². The Morgan fingerprint density at radius 3 is 2.31 bits per heavy atom. The van der Waals surface area contributed by atoms with Crippen LogP contribution in [0, 0.1) is 5.92 Å². The molecular formula is C31H35N5O2S. The molecule has 0 bridgehead atoms. The summed E-state index contributed by atoms with van der Waals surface area (Å²) in [7, 11) is 0. The number of rotatable bonds is 10. The van der Waals surface area contributed by atoms with Crippen molar-refractivity contribution in [2.45, 2.75) is 25.2 Å². The van der Waals surface area contributed by atoms with E-state index in [2.05, 4.69) is 69.5 Å². The molecule has 1 fully saturated rings. The highest BCUT2D eigenvalue weighted by Gasteiger charge is 2.23. The topological polar surface area (TPSA) is 86.4 Å². The number of carbonyl (C=O) groups is 2. The number of piperidine rings is 1. The van der Waals surface area contributed by atoms with Gasteiger partial charge in [-0.3, -0.25) is 10.1 Å². The van der Waals surface area contributed by atoms with Crippen molar-refractivity contribution in [3.8, 4) is 0 Å². The van der Waals surface area contributed by atoms with Crippen LogP contribution in [0.25, 0.3) is 10.2 Å². The van der Waals surface area contributed by atoms with E-state index >= 15 is 0 Å². The van der Waals surface area contributed by atoms with Crippen molar-refractivity contribution < 1.29 is 9.59 Å². The van der Waals surface area contributed by atoms with Crippen LogP contribution in [-0.4, -0.2) is 54.5 Å². The van der Waals surface area contributed by atoms with Crippen molar-refractivity contribution in [1.29, 1.82) is 0 Å². The average Bonchev–Trinajstić information content (AvgIpc) is 3.40. The van der Waals surface area contributed by atoms with Gasteiger partial charge in [0.05, 0.1) is 16.1 Å². The van der Waals surface area contributed by atoms with Gasteiger partial charge in [-0.1, -0.05) is 84.1 Å². The van der Waals surface area contributed by atoms with Crippen LogP contribution in [-0.2, 0) is 4.79 Å². The van der Waals surface area contributed by atoms with Crippen LogP contribution in [0.4, 0.5) is 9.93 Å². The zero-order chi connectivity index (χ0) is 26.9. The average molecular weight is 542 g/mol. The molecular weight excluding hydrogens is 506 g/mol. The minimum absolute atomic E-state index is 0.00989. The lowest BCUT2D eigenvalue weighted by Crippen LogP contribution is -2.45. The second-order valence-electron chi connectivity index (χ2n) is 9.90. The summed E-state index contributed by atoms with van der Waals surface area (Å²) in [6, 6.07) is 28.5. The third kappa shape index (κ3) is 7.22. The Bertz CT molecular complexity index is 1280. The highest BCUT2D eigenvalue weighted by Crippen LogP contribution is 2.29. The standard InChI is InChI=1S/C31H35N5O2S/c37-29(25-14-9-18-32-22-25)33-19-21-36(31(38)35-30-34-27-15-7-8-16-28(27)39-30)20-17-26(23-10-3-1-4-11-23)24-12-5-2-6-13-24/h1-8,10-13,15-16,25-26,32H,9,14,17-22H2,(H,33,37)(H,34,35,38). The Labute approximate surface area is 233 Å². The van der Waals surface area contributed by atoms with Crippen molar-refractivity contribution in [1.82, 2.24) is 20.5 Å². The highest BCUT2D eigenvalue weighted by molar-refractivity contribution is 7.22. The molecule has 1 atom stereocenters. The maximum Gasteiger partial charge on any atom is 0.323 e. The molecule has 1 aromatic heterocycles. The van der Waals surface area contributed by atoms with Crippen LogP contribution >= 0.6 is 11.3 Å². The van der Waals surface area contributed by atoms with Gasteiger partial charge >= 0.3 is 6.03 Å². The summed E-state index contributed by atoms with van der Waals surface area (Å²) in [5, 5.41) is 9.94. The fourth-order valence-electron chi connectivity index (χ4n) is 5.13. The van der Waals surface area contributed by atoms with E-state index in [1.807, 2.05) is 36.4 Å². The van der Waals surface area contributed by atoms with Crippen LogP contribution in [0.2, 0.25) is 0 Å². The third-order valence-corrected chi connectivity index (χ3v) is 8.19. The Balaban J connectivity index is 1.29. The number of aromatic nitrogens is 1. The normalized spacial score (nSPS) is 15.3. The smallest absolute Gasteiger partial charge is 0.323 e. The number of carbonyl (C=O) groups excluding carboxylic acids is 2. The molecule has 39 heavy (non-hydrogen) atoms. The molecule has 0 saturated carbocycles. The SMILES string of the molecule is O=C(NCCN(CCC(c1ccccc1)c1ccccc1)C(=O)Nc1nc2ccccc2s1)C1CCCNC1. The Hall–Kier alpha value is -3.75. The molecule has 8 heteroatoms. The number of nitrogens with zero attached hydrogens (tertiary/aromatic N) is 2. The molecule has 7 nitrogen and oxygen atoms in total. The monoisotopic (exact) mass is 541 g/mol. The molecule has 1 saturated heterocycles. The van der Waals surface area contributed by atoms with Gasteiger partial charge in [0.25, 0.3) is 0 Å². The molecule has 3 amide bonds. The minimum atomic E-state index is -0.206. The maximum atomic E-state index is 13.5. The van der Waals surface area contributed by atoms with Crippen LogP contribution < -0.4 is 16.0 Å². The lowest BCUT2D eigenvalue weighted by atomic mass is 9.88. The first kappa shape index (κ1) is 26.8. The zero-order valence-electron chi connectivity index (χ0n) is 22.0. The van der Waals surface area contributed by atoms with Crippen molar-refractivity contribution in [2.75, 3.05) is 38.0 Å². The van der Waals surface area contributed by atoms with Crippen molar-refractivity contribution >= 4 is 38.6 Å². The first-order valence-electron chi connectivity index (χ1n) is 13.7. The van der Waals surface area contributed by atoms with Gasteiger partial charge < -0.3 is 15.5 Å². The summed E-state index contributed by atoms with van der Waals surface area (Å²) in [6.07, 6.45) is 2.66. The van der Waals surface area contributed by atoms with Gasteiger partial charge in [-0.25, -0.2) is 9.78 Å². The van der Waals surface area contributed by atoms with Crippen LogP contribution in [0.15, 0.2) is 84.9 Å². The quantitative estimate of drug-likeness (QED) is 0.249. The van der Waals surface area contributed by atoms with E-state index in [0.29, 0.717) is 31.3 Å². The lowest BCUT2D eigenvalue weighted by Gasteiger charge is -2.27. The first-order chi connectivity index (χ1) is 19.2. The second-order valence-corrected chi connectivity index (χ2v) is 10.9. The summed E-state index contributed by atoms with van der Waals surface area (Å²) in [6.45, 7) is 3.03. The molecule has 4 aromatic rings. The van der Waals surface area contributed by atoms with Crippen molar-refractivity contribution in [2.24, 2.45) is 5.92 Å². The van der Waals surface area contributed by atoms with Crippen LogP contribution in [0.3, 0.4) is 0 Å². The molecule has 1 unspecified atom stereocenters. The van der Waals surface area contributed by atoms with E-state index in [1.165, 1.54) is 22.5 Å². The van der Waals surface area contributed by atoms with Crippen molar-refractivity contribution in [3.05, 3.63) is 96.1 Å². The van der Waals surface area contributed by atoms with Crippen molar-refractivity contribution in [3.63, 3.8) is 0 Å². The van der Waals surface area contributed by atoms with Gasteiger partial charge in [-0.05, 0) is 49.1 Å². The van der Waals surface area contributed by atoms with Gasteiger partial charge in [-0.15, -0.1) is 0 Å². The Morgan fingerprint density at radius 1 is 0.949 bits per heavy atom. The number of fused-ring (bicyclic) bond motifs is 1. The molecule has 0 spiro atoms. The molecule has 1 aliphatic rings. The highest BCUT2D eigenvalue weighted by atomic mass is 32.1. The van der Waals surface area contributed by atoms with Gasteiger partial charge in [0, 0.05) is 32.1 Å². The van der Waals surface area contributed by atoms with Gasteiger partial charge in [0.15, 0.2) is 5.13 Å². The summed E-state index contributed by atoms with van der Waals surface area (Å²) < 4.78 is 1.03. The van der Waals surface area contributed by atoms with E-state index in [1.54, 1.807) is 4.90 Å². The molecule has 3 aromatic carbocycles. The summed E-state index contributed by atoms with van der Waals surface area (Å²) in [4.78, 5) is 32.6. The number of urea groups is 1. The maximum absolute atomic E-state index is 13.5. The number of nitrogens with one attached hydrogen (secondary N) is 3. The van der Waals surface area contributed by atoms with E-state index in [4.69, 9.17) is 0 Å². The van der Waals surface area contributed by atoms with Gasteiger partial charge in [-0.2, -0.15) is 0 Å². The molecule has 0 radical (unpaired) electrons. The Kier molecular flexibility index (Phi) is 9.19. The zero-order valence-corrected chi connectivity index (χ0v) is 22.8. The van der Waals surface area contributed by atoms with Crippen LogP contribution in [0.1, 0.15) is 36.3 Å². The predicted octanol–water partition coefficient (Wildman–Crippen LogP) is 5.47. The Morgan fingerprint density at radius 2 is 1.64 bits per heavy atom. The van der Waals surface area contributed by atoms with Gasteiger partial charge in [0.1, 0.15) is 0 Å². The number of hydrogen-bond donors (Lipinski definition) is 3. The fourth-order valence-corrected chi connectivity index (χ4v) is 5.98. The number of thiazole rings is 1. The molecule has 1 aliphatic heterocycles. The minimum Gasteiger partial charge on any atom is -0.354 e.